The summed E-state index contributed by atoms with van der Waals surface area (Å²) in [5.74, 6) is -0.507. The number of benzene rings is 1. The summed E-state index contributed by atoms with van der Waals surface area (Å²) in [7, 11) is -4.17. The van der Waals surface area contributed by atoms with Crippen LogP contribution in [0.3, 0.4) is 0 Å². The van der Waals surface area contributed by atoms with Crippen LogP contribution < -0.4 is 8.37 Å². The molecule has 0 spiro atoms. The molecule has 0 radical (unpaired) electrons. The zero-order valence-corrected chi connectivity index (χ0v) is 10.4. The second kappa shape index (κ2) is 3.46. The molecule has 15 heavy (non-hydrogen) atoms. The highest BCUT2D eigenvalue weighted by atomic mass is 35.5. The maximum Gasteiger partial charge on any atom is 0.501 e. The fourth-order valence-electron chi connectivity index (χ4n) is 0.961. The Labute approximate surface area is 105 Å². The van der Waals surface area contributed by atoms with Crippen LogP contribution in [0.2, 0.25) is 20.1 Å². The SMILES string of the molecule is O=S1(=O)Oc2c(Cl)c(Cl)c(Cl)c(Cl)c2O1. The zero-order valence-electron chi connectivity index (χ0n) is 6.55. The molecule has 0 bridgehead atoms. The maximum absolute atomic E-state index is 11.0. The summed E-state index contributed by atoms with van der Waals surface area (Å²) >= 11 is 22.8. The lowest BCUT2D eigenvalue weighted by molar-refractivity contribution is 0.436. The largest absolute Gasteiger partial charge is 0.501 e. The highest BCUT2D eigenvalue weighted by Gasteiger charge is 2.36. The molecule has 0 aliphatic carbocycles. The fraction of sp³-hybridized carbons (Fsp3) is 0. The van der Waals surface area contributed by atoms with Crippen molar-refractivity contribution >= 4 is 56.8 Å². The van der Waals surface area contributed by atoms with E-state index in [0.29, 0.717) is 0 Å². The Kier molecular flexibility index (Phi) is 2.64. The van der Waals surface area contributed by atoms with E-state index in [1.54, 1.807) is 0 Å². The van der Waals surface area contributed by atoms with Crippen LogP contribution in [-0.4, -0.2) is 8.42 Å². The lowest BCUT2D eigenvalue weighted by Crippen LogP contribution is -2.08. The molecule has 0 N–H and O–H groups in total. The molecule has 1 aliphatic heterocycles. The zero-order chi connectivity index (χ0) is 11.4. The molecule has 0 saturated carbocycles. The number of halogens is 4. The molecule has 0 fully saturated rings. The van der Waals surface area contributed by atoms with E-state index in [-0.39, 0.29) is 31.6 Å². The van der Waals surface area contributed by atoms with Gasteiger partial charge in [-0.3, -0.25) is 0 Å². The molecule has 0 saturated heterocycles. The van der Waals surface area contributed by atoms with E-state index in [1.807, 2.05) is 0 Å². The van der Waals surface area contributed by atoms with E-state index >= 15 is 0 Å². The topological polar surface area (TPSA) is 52.6 Å². The van der Waals surface area contributed by atoms with Gasteiger partial charge in [0, 0.05) is 0 Å². The minimum atomic E-state index is -4.17. The minimum absolute atomic E-state index is 0.0946. The molecule has 9 heteroatoms. The molecular weight excluding hydrogens is 310 g/mol. The summed E-state index contributed by atoms with van der Waals surface area (Å²) in [6.07, 6.45) is 0. The normalized spacial score (nSPS) is 16.8. The van der Waals surface area contributed by atoms with Gasteiger partial charge < -0.3 is 8.37 Å². The molecule has 0 unspecified atom stereocenters. The van der Waals surface area contributed by atoms with Crippen LogP contribution in [0.1, 0.15) is 0 Å². The van der Waals surface area contributed by atoms with Crippen LogP contribution in [-0.2, 0) is 10.4 Å². The van der Waals surface area contributed by atoms with Gasteiger partial charge in [0.25, 0.3) is 0 Å². The van der Waals surface area contributed by atoms with E-state index in [9.17, 15) is 8.42 Å². The van der Waals surface area contributed by atoms with Crippen LogP contribution in [0, 0.1) is 0 Å². The molecule has 0 aromatic heterocycles. The van der Waals surface area contributed by atoms with Gasteiger partial charge >= 0.3 is 10.4 Å². The molecule has 0 atom stereocenters. The van der Waals surface area contributed by atoms with Gasteiger partial charge in [0.05, 0.1) is 10.0 Å². The second-order valence-electron chi connectivity index (χ2n) is 2.49. The number of fused-ring (bicyclic) bond motifs is 1. The van der Waals surface area contributed by atoms with Gasteiger partial charge in [-0.15, -0.1) is 8.42 Å². The summed E-state index contributed by atoms with van der Waals surface area (Å²) < 4.78 is 30.8. The van der Waals surface area contributed by atoms with Crippen molar-refractivity contribution in [3.8, 4) is 11.5 Å². The average Bonchev–Trinajstić information content (AvgIpc) is 2.48. The van der Waals surface area contributed by atoms with E-state index in [2.05, 4.69) is 8.37 Å². The Morgan fingerprint density at radius 1 is 0.733 bits per heavy atom. The van der Waals surface area contributed by atoms with Crippen molar-refractivity contribution in [2.75, 3.05) is 0 Å². The minimum Gasteiger partial charge on any atom is -0.347 e. The number of hydrogen-bond donors (Lipinski definition) is 0. The Morgan fingerprint density at radius 3 is 1.40 bits per heavy atom. The third-order valence-corrected chi connectivity index (χ3v) is 4.06. The number of hydrogen-bond acceptors (Lipinski definition) is 4. The van der Waals surface area contributed by atoms with Crippen LogP contribution in [0.5, 0.6) is 11.5 Å². The van der Waals surface area contributed by atoms with Crippen molar-refractivity contribution in [2.24, 2.45) is 0 Å². The maximum atomic E-state index is 11.0. The first kappa shape index (κ1) is 11.4. The molecular formula is C6Cl4O4S. The summed E-state index contributed by atoms with van der Waals surface area (Å²) in [5, 5.41) is -0.519. The Hall–Kier alpha value is -0.0700. The highest BCUT2D eigenvalue weighted by Crippen LogP contribution is 2.53. The molecule has 0 amide bonds. The molecule has 82 valence electrons. The Bertz CT molecular complexity index is 510. The molecule has 1 heterocycles. The summed E-state index contributed by atoms with van der Waals surface area (Å²) in [6.45, 7) is 0. The predicted octanol–water partition coefficient (Wildman–Crippen LogP) is 3.32. The molecule has 1 aromatic carbocycles. The Balaban J connectivity index is 2.80. The molecule has 2 rings (SSSR count). The Morgan fingerprint density at radius 2 is 1.07 bits per heavy atom. The van der Waals surface area contributed by atoms with E-state index in [1.165, 1.54) is 0 Å². The van der Waals surface area contributed by atoms with Gasteiger partial charge in [0.15, 0.2) is 0 Å². The first-order valence-electron chi connectivity index (χ1n) is 3.33. The van der Waals surface area contributed by atoms with Crippen LogP contribution in [0.4, 0.5) is 0 Å². The smallest absolute Gasteiger partial charge is 0.347 e. The molecule has 4 nitrogen and oxygen atoms in total. The third kappa shape index (κ3) is 1.72. The van der Waals surface area contributed by atoms with Crippen LogP contribution in [0.25, 0.3) is 0 Å². The van der Waals surface area contributed by atoms with Crippen molar-refractivity contribution in [1.29, 1.82) is 0 Å². The van der Waals surface area contributed by atoms with Crippen molar-refractivity contribution in [3.05, 3.63) is 20.1 Å². The summed E-state index contributed by atoms with van der Waals surface area (Å²) in [6, 6.07) is 0. The van der Waals surface area contributed by atoms with Crippen molar-refractivity contribution in [1.82, 2.24) is 0 Å². The summed E-state index contributed by atoms with van der Waals surface area (Å²) in [5.41, 5.74) is 0. The van der Waals surface area contributed by atoms with Gasteiger partial charge in [-0.25, -0.2) is 0 Å². The van der Waals surface area contributed by atoms with E-state index in [4.69, 9.17) is 46.4 Å². The highest BCUT2D eigenvalue weighted by molar-refractivity contribution is 7.82. The van der Waals surface area contributed by atoms with Gasteiger partial charge in [-0.05, 0) is 0 Å². The fourth-order valence-corrected chi connectivity index (χ4v) is 2.71. The third-order valence-electron chi connectivity index (χ3n) is 1.55. The first-order valence-corrected chi connectivity index (χ1v) is 6.18. The van der Waals surface area contributed by atoms with Gasteiger partial charge in [-0.1, -0.05) is 46.4 Å². The predicted molar refractivity (Wildman–Crippen MR) is 56.7 cm³/mol. The molecule has 1 aromatic rings. The standard InChI is InChI=1S/C6Cl4O4S/c7-1-2(8)4(10)6-5(3(1)9)13-15(11,12)14-6. The van der Waals surface area contributed by atoms with E-state index in [0.717, 1.165) is 0 Å². The van der Waals surface area contributed by atoms with Crippen LogP contribution in [0.15, 0.2) is 0 Å². The first-order chi connectivity index (χ1) is 6.83. The van der Waals surface area contributed by atoms with E-state index < -0.39 is 10.4 Å². The molecule has 1 aliphatic rings. The van der Waals surface area contributed by atoms with Crippen molar-refractivity contribution in [2.45, 2.75) is 0 Å². The number of rotatable bonds is 0. The van der Waals surface area contributed by atoms with Crippen molar-refractivity contribution < 1.29 is 16.8 Å². The lowest BCUT2D eigenvalue weighted by Gasteiger charge is -2.04. The van der Waals surface area contributed by atoms with Crippen molar-refractivity contribution in [3.63, 3.8) is 0 Å². The second-order valence-corrected chi connectivity index (χ2v) is 5.15. The monoisotopic (exact) mass is 308 g/mol. The van der Waals surface area contributed by atoms with Gasteiger partial charge in [0.1, 0.15) is 10.0 Å². The summed E-state index contributed by atoms with van der Waals surface area (Å²) in [4.78, 5) is 0. The van der Waals surface area contributed by atoms with Gasteiger partial charge in [-0.2, -0.15) is 0 Å². The van der Waals surface area contributed by atoms with Gasteiger partial charge in [0.2, 0.25) is 11.5 Å². The lowest BCUT2D eigenvalue weighted by atomic mass is 10.3. The average molecular weight is 310 g/mol. The quantitative estimate of drug-likeness (QED) is 0.545. The van der Waals surface area contributed by atoms with Crippen LogP contribution >= 0.6 is 46.4 Å².